The van der Waals surface area contributed by atoms with Crippen molar-refractivity contribution in [3.63, 3.8) is 0 Å². The van der Waals surface area contributed by atoms with Gasteiger partial charge in [0.1, 0.15) is 28.4 Å². The van der Waals surface area contributed by atoms with E-state index in [1.165, 1.54) is 0 Å². The van der Waals surface area contributed by atoms with E-state index in [0.29, 0.717) is 0 Å². The molecule has 0 N–H and O–H groups in total. The standard InChI is InChI=1S/C30H37O5P/c1-9-10-14-21-15-22(31-7)16-24-25-17-23(32-8)18-26(30(4,5)6)29(25)35-36(34-28(21)24)33-27-19(2)12-11-13-20(27)3/h11-13,15-18H,9-10,14H2,1-8H3. The smallest absolute Gasteiger partial charge is 0.453 e. The first-order chi connectivity index (χ1) is 17.2. The average molecular weight is 509 g/mol. The largest absolute Gasteiger partial charge is 0.497 e. The zero-order valence-electron chi connectivity index (χ0n) is 22.7. The van der Waals surface area contributed by atoms with Gasteiger partial charge >= 0.3 is 8.24 Å². The second kappa shape index (κ2) is 10.5. The minimum Gasteiger partial charge on any atom is -0.497 e. The Hall–Kier alpha value is -3.04. The lowest BCUT2D eigenvalue weighted by Gasteiger charge is -2.20. The van der Waals surface area contributed by atoms with Crippen LogP contribution in [0.5, 0.6) is 17.2 Å². The van der Waals surface area contributed by atoms with E-state index < -0.39 is 8.24 Å². The Morgan fingerprint density at radius 1 is 0.833 bits per heavy atom. The van der Waals surface area contributed by atoms with Crippen LogP contribution in [-0.4, -0.2) is 14.2 Å². The van der Waals surface area contributed by atoms with Crippen molar-refractivity contribution in [2.75, 3.05) is 14.2 Å². The number of methoxy groups -OCH3 is 2. The molecule has 1 aromatic heterocycles. The lowest BCUT2D eigenvalue weighted by atomic mass is 9.85. The van der Waals surface area contributed by atoms with Gasteiger partial charge in [0.2, 0.25) is 0 Å². The molecule has 0 aliphatic rings. The number of benzene rings is 3. The van der Waals surface area contributed by atoms with Gasteiger partial charge in [-0.2, -0.15) is 0 Å². The van der Waals surface area contributed by atoms with Crippen molar-refractivity contribution >= 4 is 30.2 Å². The van der Waals surface area contributed by atoms with E-state index in [4.69, 9.17) is 22.4 Å². The van der Waals surface area contributed by atoms with Crippen molar-refractivity contribution in [3.8, 4) is 17.2 Å². The first-order valence-electron chi connectivity index (χ1n) is 12.5. The molecule has 0 spiro atoms. The molecule has 0 saturated carbocycles. The predicted molar refractivity (Wildman–Crippen MR) is 149 cm³/mol. The van der Waals surface area contributed by atoms with Gasteiger partial charge in [-0.15, -0.1) is 0 Å². The Bertz CT molecular complexity index is 1410. The number of hydrogen-bond acceptors (Lipinski definition) is 5. The van der Waals surface area contributed by atoms with Crippen molar-refractivity contribution in [1.82, 2.24) is 0 Å². The fourth-order valence-corrected chi connectivity index (χ4v) is 5.70. The van der Waals surface area contributed by atoms with E-state index in [1.807, 2.05) is 44.2 Å². The van der Waals surface area contributed by atoms with Crippen molar-refractivity contribution < 1.29 is 22.4 Å². The summed E-state index contributed by atoms with van der Waals surface area (Å²) in [5, 5.41) is 1.84. The molecule has 0 bridgehead atoms. The molecular weight excluding hydrogens is 471 g/mol. The molecule has 0 fully saturated rings. The number of ether oxygens (including phenoxy) is 2. The fraction of sp³-hybridized carbons (Fsp3) is 0.400. The first kappa shape index (κ1) is 26.0. The van der Waals surface area contributed by atoms with E-state index in [9.17, 15) is 0 Å². The molecule has 192 valence electrons. The van der Waals surface area contributed by atoms with Crippen molar-refractivity contribution in [3.05, 3.63) is 64.7 Å². The molecule has 3 aromatic carbocycles. The van der Waals surface area contributed by atoms with Crippen molar-refractivity contribution in [2.24, 2.45) is 0 Å². The van der Waals surface area contributed by atoms with E-state index in [0.717, 1.165) is 80.7 Å². The van der Waals surface area contributed by atoms with Crippen molar-refractivity contribution in [2.45, 2.75) is 66.2 Å². The molecule has 0 aliphatic carbocycles. The molecule has 4 aromatic rings. The quantitative estimate of drug-likeness (QED) is 0.249. The third-order valence-electron chi connectivity index (χ3n) is 6.48. The first-order valence-corrected chi connectivity index (χ1v) is 13.6. The Balaban J connectivity index is 2.17. The summed E-state index contributed by atoms with van der Waals surface area (Å²) in [6.45, 7) is 12.8. The highest BCUT2D eigenvalue weighted by Gasteiger charge is 2.24. The molecule has 0 saturated heterocycles. The third-order valence-corrected chi connectivity index (χ3v) is 7.47. The Morgan fingerprint density at radius 3 is 2.00 bits per heavy atom. The molecule has 36 heavy (non-hydrogen) atoms. The van der Waals surface area contributed by atoms with Gasteiger partial charge in [-0.05, 0) is 73.1 Å². The molecular formula is C30H37O5P. The van der Waals surface area contributed by atoms with E-state index in [2.05, 4.69) is 39.8 Å². The predicted octanol–water partition coefficient (Wildman–Crippen LogP) is 9.41. The maximum Gasteiger partial charge on any atom is 0.453 e. The summed E-state index contributed by atoms with van der Waals surface area (Å²) in [4.78, 5) is 0. The van der Waals surface area contributed by atoms with Crippen molar-refractivity contribution in [1.29, 1.82) is 0 Å². The SMILES string of the molecule is CCCCc1cc(OC)cc2c1op(Oc1c(C)cccc1C)oc1c(C(C)(C)C)cc(OC)cc12. The Kier molecular flexibility index (Phi) is 7.61. The topological polar surface area (TPSA) is 54.0 Å². The average Bonchev–Trinajstić information content (AvgIpc) is 3.00. The van der Waals surface area contributed by atoms with Crippen LogP contribution in [0.1, 0.15) is 62.8 Å². The molecule has 1 heterocycles. The van der Waals surface area contributed by atoms with Gasteiger partial charge in [0.15, 0.2) is 0 Å². The molecule has 4 rings (SSSR count). The van der Waals surface area contributed by atoms with Crippen LogP contribution >= 0.6 is 8.24 Å². The highest BCUT2D eigenvalue weighted by atomic mass is 31.1. The van der Waals surface area contributed by atoms with Gasteiger partial charge < -0.3 is 22.4 Å². The normalized spacial score (nSPS) is 12.2. The monoisotopic (exact) mass is 508 g/mol. The van der Waals surface area contributed by atoms with Crippen LogP contribution in [0.4, 0.5) is 0 Å². The highest BCUT2D eigenvalue weighted by molar-refractivity contribution is 7.32. The molecule has 1 unspecified atom stereocenters. The number of hydrogen-bond donors (Lipinski definition) is 0. The van der Waals surface area contributed by atoms with E-state index >= 15 is 0 Å². The lowest BCUT2D eigenvalue weighted by Crippen LogP contribution is -2.11. The van der Waals surface area contributed by atoms with Gasteiger partial charge in [-0.1, -0.05) is 52.3 Å². The van der Waals surface area contributed by atoms with E-state index in [-0.39, 0.29) is 5.41 Å². The van der Waals surface area contributed by atoms with Gasteiger partial charge in [0.05, 0.1) is 14.2 Å². The maximum atomic E-state index is 6.67. The Labute approximate surface area is 215 Å². The van der Waals surface area contributed by atoms with Gasteiger partial charge in [0, 0.05) is 16.3 Å². The maximum absolute atomic E-state index is 6.67. The van der Waals surface area contributed by atoms with Crippen LogP contribution in [0.3, 0.4) is 0 Å². The van der Waals surface area contributed by atoms with Crippen LogP contribution in [0.15, 0.2) is 50.9 Å². The second-order valence-electron chi connectivity index (χ2n) is 10.3. The minimum atomic E-state index is -1.78. The molecule has 6 heteroatoms. The molecule has 1 atom stereocenters. The highest BCUT2D eigenvalue weighted by Crippen LogP contribution is 2.44. The molecule has 5 nitrogen and oxygen atoms in total. The second-order valence-corrected chi connectivity index (χ2v) is 11.3. The molecule has 0 radical (unpaired) electrons. The minimum absolute atomic E-state index is 0.202. The number of rotatable bonds is 7. The van der Waals surface area contributed by atoms with Gasteiger partial charge in [-0.25, -0.2) is 0 Å². The summed E-state index contributed by atoms with van der Waals surface area (Å²) in [5.41, 5.74) is 5.54. The summed E-state index contributed by atoms with van der Waals surface area (Å²) in [5.74, 6) is 2.35. The summed E-state index contributed by atoms with van der Waals surface area (Å²) in [7, 11) is 1.61. The van der Waals surface area contributed by atoms with Crippen LogP contribution in [0.2, 0.25) is 0 Å². The molecule has 0 amide bonds. The summed E-state index contributed by atoms with van der Waals surface area (Å²) in [6.07, 6.45) is 2.99. The molecule has 0 aliphatic heterocycles. The summed E-state index contributed by atoms with van der Waals surface area (Å²) >= 11 is 0. The van der Waals surface area contributed by atoms with Gasteiger partial charge in [0.25, 0.3) is 0 Å². The lowest BCUT2D eigenvalue weighted by molar-refractivity contribution is 0.413. The van der Waals surface area contributed by atoms with Crippen LogP contribution < -0.4 is 14.0 Å². The fourth-order valence-electron chi connectivity index (χ4n) is 4.44. The zero-order valence-corrected chi connectivity index (χ0v) is 23.5. The number of fused-ring (bicyclic) bond motifs is 3. The zero-order chi connectivity index (χ0) is 26.0. The van der Waals surface area contributed by atoms with E-state index in [1.54, 1.807) is 14.2 Å². The third kappa shape index (κ3) is 5.22. The Morgan fingerprint density at radius 2 is 1.42 bits per heavy atom. The number of unbranched alkanes of at least 4 members (excludes halogenated alkanes) is 1. The van der Waals surface area contributed by atoms with Crippen LogP contribution in [-0.2, 0) is 11.8 Å². The number of para-hydroxylation sites is 1. The summed E-state index contributed by atoms with van der Waals surface area (Å²) in [6, 6.07) is 14.3. The summed E-state index contributed by atoms with van der Waals surface area (Å²) < 4.78 is 31.3. The van der Waals surface area contributed by atoms with Gasteiger partial charge in [-0.3, -0.25) is 0 Å². The van der Waals surface area contributed by atoms with Crippen LogP contribution in [0, 0.1) is 13.8 Å². The van der Waals surface area contributed by atoms with Crippen LogP contribution in [0.25, 0.3) is 21.9 Å². The number of aryl methyl sites for hydroxylation is 3.